The summed E-state index contributed by atoms with van der Waals surface area (Å²) in [4.78, 5) is 0. The number of hydrogen-bond acceptors (Lipinski definition) is 4. The SMILES string of the molecule is CCCCCCCCCCCCOc1ccc(OS(=O)Nc2cc(Cl)c(O)c(Cl)c2)cc1. The van der Waals surface area contributed by atoms with Gasteiger partial charge in [-0.05, 0) is 42.8 Å². The van der Waals surface area contributed by atoms with Gasteiger partial charge in [-0.2, -0.15) is 4.21 Å². The average Bonchev–Trinajstić information content (AvgIpc) is 2.77. The Balaban J connectivity index is 1.60. The molecule has 0 saturated heterocycles. The van der Waals surface area contributed by atoms with Crippen molar-refractivity contribution in [1.29, 1.82) is 0 Å². The summed E-state index contributed by atoms with van der Waals surface area (Å²) in [5.74, 6) is 0.959. The van der Waals surface area contributed by atoms with Crippen molar-refractivity contribution < 1.29 is 18.2 Å². The predicted octanol–water partition coefficient (Wildman–Crippen LogP) is 8.07. The smallest absolute Gasteiger partial charge is 0.316 e. The lowest BCUT2D eigenvalue weighted by Gasteiger charge is -2.10. The molecule has 178 valence electrons. The summed E-state index contributed by atoms with van der Waals surface area (Å²) in [6.07, 6.45) is 12.9. The maximum Gasteiger partial charge on any atom is 0.316 e. The van der Waals surface area contributed by atoms with Gasteiger partial charge < -0.3 is 14.0 Å². The number of anilines is 1. The summed E-state index contributed by atoms with van der Waals surface area (Å²) >= 11 is 9.86. The number of phenols is 1. The lowest BCUT2D eigenvalue weighted by molar-refractivity contribution is 0.304. The zero-order valence-electron chi connectivity index (χ0n) is 18.6. The van der Waals surface area contributed by atoms with Crippen LogP contribution in [0.4, 0.5) is 5.69 Å². The van der Waals surface area contributed by atoms with Crippen molar-refractivity contribution in [1.82, 2.24) is 0 Å². The number of halogens is 2. The van der Waals surface area contributed by atoms with Gasteiger partial charge in [-0.3, -0.25) is 4.72 Å². The number of nitrogens with one attached hydrogen (secondary N) is 1. The predicted molar refractivity (Wildman–Crippen MR) is 134 cm³/mol. The van der Waals surface area contributed by atoms with Crippen LogP contribution in [0.15, 0.2) is 36.4 Å². The summed E-state index contributed by atoms with van der Waals surface area (Å²) in [7, 11) is 0. The normalized spacial score (nSPS) is 11.8. The minimum Gasteiger partial charge on any atom is -0.505 e. The van der Waals surface area contributed by atoms with Crippen LogP contribution < -0.4 is 13.6 Å². The van der Waals surface area contributed by atoms with E-state index in [0.717, 1.165) is 12.2 Å². The van der Waals surface area contributed by atoms with Crippen LogP contribution in [0.1, 0.15) is 71.1 Å². The second-order valence-corrected chi connectivity index (χ2v) is 9.37. The highest BCUT2D eigenvalue weighted by molar-refractivity contribution is 7.81. The number of rotatable bonds is 16. The van der Waals surface area contributed by atoms with Crippen molar-refractivity contribution in [3.8, 4) is 17.2 Å². The van der Waals surface area contributed by atoms with Gasteiger partial charge in [0.05, 0.1) is 22.3 Å². The molecule has 2 aromatic rings. The lowest BCUT2D eigenvalue weighted by Crippen LogP contribution is -2.11. The third-order valence-corrected chi connectivity index (χ3v) is 6.30. The molecule has 5 nitrogen and oxygen atoms in total. The first-order valence-electron chi connectivity index (χ1n) is 11.3. The van der Waals surface area contributed by atoms with E-state index in [1.54, 1.807) is 24.3 Å². The molecule has 0 amide bonds. The molecule has 0 aliphatic rings. The Hall–Kier alpha value is -1.63. The van der Waals surface area contributed by atoms with Crippen molar-refractivity contribution in [3.05, 3.63) is 46.4 Å². The van der Waals surface area contributed by atoms with Gasteiger partial charge in [0.25, 0.3) is 0 Å². The van der Waals surface area contributed by atoms with E-state index in [2.05, 4.69) is 11.6 Å². The van der Waals surface area contributed by atoms with Gasteiger partial charge in [0.15, 0.2) is 5.75 Å². The number of unbranched alkanes of at least 4 members (excludes halogenated alkanes) is 9. The fourth-order valence-corrected chi connectivity index (χ4v) is 4.32. The van der Waals surface area contributed by atoms with Crippen molar-refractivity contribution >= 4 is 40.2 Å². The average molecular weight is 503 g/mol. The quantitative estimate of drug-likeness (QED) is 0.180. The van der Waals surface area contributed by atoms with Gasteiger partial charge in [0, 0.05) is 0 Å². The molecule has 0 aliphatic heterocycles. The minimum atomic E-state index is -1.86. The highest BCUT2D eigenvalue weighted by Crippen LogP contribution is 2.34. The van der Waals surface area contributed by atoms with Gasteiger partial charge >= 0.3 is 11.3 Å². The van der Waals surface area contributed by atoms with Crippen LogP contribution in [-0.2, 0) is 11.3 Å². The largest absolute Gasteiger partial charge is 0.505 e. The van der Waals surface area contributed by atoms with E-state index in [9.17, 15) is 9.32 Å². The van der Waals surface area contributed by atoms with Crippen LogP contribution in [0.5, 0.6) is 17.2 Å². The molecular weight excluding hydrogens is 469 g/mol. The molecule has 0 aromatic heterocycles. The number of ether oxygens (including phenoxy) is 1. The van der Waals surface area contributed by atoms with E-state index < -0.39 is 11.3 Å². The van der Waals surface area contributed by atoms with Gasteiger partial charge in [-0.1, -0.05) is 87.9 Å². The maximum atomic E-state index is 12.2. The molecule has 1 atom stereocenters. The van der Waals surface area contributed by atoms with E-state index in [-0.39, 0.29) is 15.8 Å². The van der Waals surface area contributed by atoms with Crippen LogP contribution in [0.2, 0.25) is 10.0 Å². The summed E-state index contributed by atoms with van der Waals surface area (Å²) < 4.78 is 25.9. The fraction of sp³-hybridized carbons (Fsp3) is 0.500. The molecular formula is C24H33Cl2NO4S. The lowest BCUT2D eigenvalue weighted by atomic mass is 10.1. The van der Waals surface area contributed by atoms with Crippen molar-refractivity contribution in [2.75, 3.05) is 11.3 Å². The first kappa shape index (κ1) is 26.6. The van der Waals surface area contributed by atoms with Gasteiger partial charge in [0.1, 0.15) is 11.5 Å². The summed E-state index contributed by atoms with van der Waals surface area (Å²) in [6, 6.07) is 9.80. The minimum absolute atomic E-state index is 0.0564. The molecule has 0 spiro atoms. The van der Waals surface area contributed by atoms with Gasteiger partial charge in [-0.15, -0.1) is 0 Å². The van der Waals surface area contributed by atoms with Crippen molar-refractivity contribution in [2.24, 2.45) is 0 Å². The van der Waals surface area contributed by atoms with Crippen LogP contribution in [-0.4, -0.2) is 15.9 Å². The molecule has 2 rings (SSSR count). The van der Waals surface area contributed by atoms with Crippen LogP contribution in [0.3, 0.4) is 0 Å². The molecule has 0 aliphatic carbocycles. The van der Waals surface area contributed by atoms with E-state index in [0.29, 0.717) is 18.0 Å². The summed E-state index contributed by atoms with van der Waals surface area (Å²) in [5, 5.41) is 9.69. The molecule has 0 bridgehead atoms. The Morgan fingerprint density at radius 1 is 0.844 bits per heavy atom. The maximum absolute atomic E-state index is 12.2. The van der Waals surface area contributed by atoms with Crippen molar-refractivity contribution in [2.45, 2.75) is 71.1 Å². The van der Waals surface area contributed by atoms with E-state index in [4.69, 9.17) is 32.1 Å². The van der Waals surface area contributed by atoms with Crippen LogP contribution in [0, 0.1) is 0 Å². The van der Waals surface area contributed by atoms with E-state index in [1.165, 1.54) is 69.9 Å². The molecule has 0 saturated carbocycles. The monoisotopic (exact) mass is 501 g/mol. The molecule has 2 N–H and O–H groups in total. The number of phenolic OH excluding ortho intramolecular Hbond substituents is 1. The number of benzene rings is 2. The topological polar surface area (TPSA) is 67.8 Å². The standard InChI is InChI=1S/C24H33Cl2NO4S/c1-2-3-4-5-6-7-8-9-10-11-16-30-20-12-14-21(15-13-20)31-32(29)27-19-17-22(25)24(28)23(26)18-19/h12-15,17-18,27-28H,2-11,16H2,1H3. The molecule has 1 unspecified atom stereocenters. The molecule has 2 aromatic carbocycles. The molecule has 0 heterocycles. The highest BCUT2D eigenvalue weighted by atomic mass is 35.5. The second-order valence-electron chi connectivity index (χ2n) is 7.71. The third-order valence-electron chi connectivity index (χ3n) is 4.98. The molecule has 0 fully saturated rings. The van der Waals surface area contributed by atoms with Crippen molar-refractivity contribution in [3.63, 3.8) is 0 Å². The fourth-order valence-electron chi connectivity index (χ4n) is 3.20. The Kier molecular flexibility index (Phi) is 12.7. The number of aromatic hydroxyl groups is 1. The first-order chi connectivity index (χ1) is 15.5. The first-order valence-corrected chi connectivity index (χ1v) is 13.1. The highest BCUT2D eigenvalue weighted by Gasteiger charge is 2.10. The third kappa shape index (κ3) is 10.3. The van der Waals surface area contributed by atoms with Crippen LogP contribution >= 0.6 is 23.2 Å². The van der Waals surface area contributed by atoms with Crippen LogP contribution in [0.25, 0.3) is 0 Å². The van der Waals surface area contributed by atoms with E-state index >= 15 is 0 Å². The Bertz CT molecular complexity index is 810. The van der Waals surface area contributed by atoms with Gasteiger partial charge in [-0.25, -0.2) is 0 Å². The second kappa shape index (κ2) is 15.3. The molecule has 8 heteroatoms. The Morgan fingerprint density at radius 2 is 1.34 bits per heavy atom. The number of hydrogen-bond donors (Lipinski definition) is 2. The Labute approximate surface area is 204 Å². The van der Waals surface area contributed by atoms with Gasteiger partial charge in [0.2, 0.25) is 0 Å². The molecule has 32 heavy (non-hydrogen) atoms. The zero-order chi connectivity index (χ0) is 23.2. The van der Waals surface area contributed by atoms with E-state index in [1.807, 2.05) is 0 Å². The summed E-state index contributed by atoms with van der Waals surface area (Å²) in [5.41, 5.74) is 0.368. The molecule has 0 radical (unpaired) electrons. The Morgan fingerprint density at radius 3 is 1.91 bits per heavy atom. The summed E-state index contributed by atoms with van der Waals surface area (Å²) in [6.45, 7) is 2.94. The zero-order valence-corrected chi connectivity index (χ0v) is 20.9.